The Bertz CT molecular complexity index is 1190. The van der Waals surface area contributed by atoms with Gasteiger partial charge in [-0.05, 0) is 77.0 Å². The summed E-state index contributed by atoms with van der Waals surface area (Å²) in [5, 5.41) is 21.8. The predicted octanol–water partition coefficient (Wildman–Crippen LogP) is 12.2. The zero-order chi connectivity index (χ0) is 43.5. The van der Waals surface area contributed by atoms with Crippen LogP contribution in [0.5, 0.6) is 0 Å². The summed E-state index contributed by atoms with van der Waals surface area (Å²) < 4.78 is 26.9. The normalized spacial score (nSPS) is 14.1. The number of carbonyl (C=O) groups is 3. The highest BCUT2D eigenvalue weighted by Gasteiger charge is 2.28. The van der Waals surface area contributed by atoms with Crippen LogP contribution in [0.1, 0.15) is 200 Å². The second kappa shape index (κ2) is 42.1. The summed E-state index contributed by atoms with van der Waals surface area (Å²) in [6, 6.07) is -1.55. The van der Waals surface area contributed by atoms with E-state index in [1.54, 1.807) is 0 Å². The number of amides is 1. The number of hydrogen-bond acceptors (Lipinski definition) is 8. The fraction of sp³-hybridized carbons (Fsp3) is 0.766. The van der Waals surface area contributed by atoms with E-state index in [9.17, 15) is 34.1 Å². The predicted molar refractivity (Wildman–Crippen MR) is 240 cm³/mol. The molecule has 0 aromatic rings. The van der Waals surface area contributed by atoms with Crippen molar-refractivity contribution in [3.8, 4) is 0 Å². The van der Waals surface area contributed by atoms with Crippen molar-refractivity contribution >= 4 is 25.7 Å². The number of phosphoric acid groups is 1. The molecule has 342 valence electrons. The molecule has 1 amide bonds. The zero-order valence-corrected chi connectivity index (χ0v) is 37.9. The van der Waals surface area contributed by atoms with Crippen LogP contribution in [0.15, 0.2) is 48.6 Å². The summed E-state index contributed by atoms with van der Waals surface area (Å²) in [7, 11) is -4.76. The number of rotatable bonds is 43. The summed E-state index contributed by atoms with van der Waals surface area (Å²) in [5.74, 6) is -2.39. The summed E-state index contributed by atoms with van der Waals surface area (Å²) >= 11 is 0. The number of aliphatic hydroxyl groups is 1. The van der Waals surface area contributed by atoms with Crippen molar-refractivity contribution in [1.82, 2.24) is 5.32 Å². The Morgan fingerprint density at radius 2 is 0.932 bits per heavy atom. The van der Waals surface area contributed by atoms with Gasteiger partial charge in [-0.25, -0.2) is 9.36 Å². The first kappa shape index (κ1) is 56.4. The number of aliphatic carboxylic acids is 1. The number of carboxylic acids is 1. The number of unbranched alkanes of at least 4 members (excludes halogenated alkanes) is 21. The number of nitrogens with one attached hydrogen (secondary N) is 1. The van der Waals surface area contributed by atoms with Crippen LogP contribution < -0.4 is 5.32 Å². The summed E-state index contributed by atoms with van der Waals surface area (Å²) in [6.45, 7) is 2.54. The minimum atomic E-state index is -4.76. The molecule has 11 nitrogen and oxygen atoms in total. The molecule has 59 heavy (non-hydrogen) atoms. The molecule has 12 heteroatoms. The fourth-order valence-electron chi connectivity index (χ4n) is 6.20. The zero-order valence-electron chi connectivity index (χ0n) is 37.0. The highest BCUT2D eigenvalue weighted by atomic mass is 31.2. The van der Waals surface area contributed by atoms with Gasteiger partial charge in [-0.2, -0.15) is 0 Å². The number of ether oxygens (including phenoxy) is 1. The second-order valence-corrected chi connectivity index (χ2v) is 17.0. The molecule has 0 aromatic heterocycles. The Morgan fingerprint density at radius 1 is 0.542 bits per heavy atom. The van der Waals surface area contributed by atoms with Crippen molar-refractivity contribution in [3.63, 3.8) is 0 Å². The van der Waals surface area contributed by atoms with Crippen LogP contribution in [0.4, 0.5) is 0 Å². The average Bonchev–Trinajstić information content (AvgIpc) is 3.21. The first-order valence-corrected chi connectivity index (χ1v) is 24.7. The van der Waals surface area contributed by atoms with Crippen molar-refractivity contribution in [2.24, 2.45) is 0 Å². The van der Waals surface area contributed by atoms with Gasteiger partial charge in [0.05, 0.1) is 13.2 Å². The second-order valence-electron chi connectivity index (χ2n) is 15.6. The van der Waals surface area contributed by atoms with Gasteiger partial charge in [-0.15, -0.1) is 0 Å². The molecule has 4 N–H and O–H groups in total. The van der Waals surface area contributed by atoms with Crippen LogP contribution in [-0.2, 0) is 32.7 Å². The van der Waals surface area contributed by atoms with Gasteiger partial charge in [0.1, 0.15) is 12.7 Å². The summed E-state index contributed by atoms with van der Waals surface area (Å²) in [4.78, 5) is 45.9. The van der Waals surface area contributed by atoms with Gasteiger partial charge < -0.3 is 25.2 Å². The first-order chi connectivity index (χ1) is 28.6. The maximum absolute atomic E-state index is 12.3. The van der Waals surface area contributed by atoms with E-state index < -0.39 is 57.6 Å². The molecular weight excluding hydrogens is 769 g/mol. The Labute approximate surface area is 358 Å². The Morgan fingerprint density at radius 3 is 1.44 bits per heavy atom. The molecule has 0 radical (unpaired) electrons. The molecule has 3 atom stereocenters. The van der Waals surface area contributed by atoms with Crippen LogP contribution in [0, 0.1) is 0 Å². The maximum Gasteiger partial charge on any atom is 0.472 e. The molecule has 0 spiro atoms. The number of phosphoric ester groups is 1. The lowest BCUT2D eigenvalue weighted by Crippen LogP contribution is -2.43. The van der Waals surface area contributed by atoms with E-state index in [0.717, 1.165) is 77.0 Å². The lowest BCUT2D eigenvalue weighted by Gasteiger charge is -2.18. The highest BCUT2D eigenvalue weighted by Crippen LogP contribution is 2.43. The third-order valence-electron chi connectivity index (χ3n) is 9.84. The van der Waals surface area contributed by atoms with Crippen molar-refractivity contribution < 1.29 is 47.8 Å². The smallest absolute Gasteiger partial charge is 0.472 e. The van der Waals surface area contributed by atoms with Crippen LogP contribution in [0.25, 0.3) is 0 Å². The van der Waals surface area contributed by atoms with E-state index in [1.165, 1.54) is 83.5 Å². The van der Waals surface area contributed by atoms with Crippen LogP contribution >= 0.6 is 7.82 Å². The number of aliphatic hydroxyl groups excluding tert-OH is 1. The SMILES string of the molecule is CCCCC/C=C\C/C=C\C/C=C\CCCCCCCCCCC(=O)OCC(O)COP(=O)(O)OCC(NC(=O)CCCCCCC/C=C\CCCCCCC)C(=O)O. The molecule has 0 fully saturated rings. The minimum Gasteiger partial charge on any atom is -0.480 e. The fourth-order valence-corrected chi connectivity index (χ4v) is 6.97. The maximum atomic E-state index is 12.3. The van der Waals surface area contributed by atoms with E-state index in [0.29, 0.717) is 12.8 Å². The largest absolute Gasteiger partial charge is 0.480 e. The first-order valence-electron chi connectivity index (χ1n) is 23.2. The molecule has 0 rings (SSSR count). The molecule has 0 aromatic carbocycles. The summed E-state index contributed by atoms with van der Waals surface area (Å²) in [6.07, 6.45) is 47.0. The van der Waals surface area contributed by atoms with Crippen molar-refractivity contribution in [2.75, 3.05) is 19.8 Å². The molecule has 0 aliphatic rings. The number of hydrogen-bond donors (Lipinski definition) is 4. The van der Waals surface area contributed by atoms with Gasteiger partial charge in [-0.3, -0.25) is 18.6 Å². The summed E-state index contributed by atoms with van der Waals surface area (Å²) in [5.41, 5.74) is 0. The highest BCUT2D eigenvalue weighted by molar-refractivity contribution is 7.47. The van der Waals surface area contributed by atoms with Crippen molar-refractivity contribution in [1.29, 1.82) is 0 Å². The molecule has 0 heterocycles. The quantitative estimate of drug-likeness (QED) is 0.0200. The van der Waals surface area contributed by atoms with Gasteiger partial charge >= 0.3 is 19.8 Å². The van der Waals surface area contributed by atoms with E-state index in [1.807, 2.05) is 0 Å². The third-order valence-corrected chi connectivity index (χ3v) is 10.8. The molecule has 0 bridgehead atoms. The van der Waals surface area contributed by atoms with Gasteiger partial charge in [-0.1, -0.05) is 159 Å². The van der Waals surface area contributed by atoms with Crippen molar-refractivity contribution in [2.45, 2.75) is 212 Å². The minimum absolute atomic E-state index is 0.134. The van der Waals surface area contributed by atoms with Crippen LogP contribution in [0.3, 0.4) is 0 Å². The standard InChI is InChI=1S/C47H84NO10P/c1-3-5-7-9-11-13-15-17-19-20-21-22-23-24-25-27-29-31-33-35-37-39-46(51)56-40-43(49)41-57-59(54,55)58-42-44(47(52)53)48-45(50)38-36-34-32-30-28-26-18-16-14-12-10-8-6-4-2/h11,13,16-19,21-22,43-44,49H,3-10,12,14-15,20,23-42H2,1-2H3,(H,48,50)(H,52,53)(H,54,55)/b13-11-,18-16-,19-17-,22-21-. The lowest BCUT2D eigenvalue weighted by atomic mass is 10.1. The Hall–Kier alpha value is -2.56. The number of carboxylic acid groups (broad SMARTS) is 1. The third kappa shape index (κ3) is 41.9. The number of carbonyl (C=O) groups excluding carboxylic acids is 2. The lowest BCUT2D eigenvalue weighted by molar-refractivity contribution is -0.147. The van der Waals surface area contributed by atoms with Crippen LogP contribution in [-0.4, -0.2) is 64.9 Å². The number of esters is 1. The van der Waals surface area contributed by atoms with E-state index in [4.69, 9.17) is 13.8 Å². The van der Waals surface area contributed by atoms with Crippen molar-refractivity contribution in [3.05, 3.63) is 48.6 Å². The molecule has 0 aliphatic carbocycles. The average molecular weight is 854 g/mol. The van der Waals surface area contributed by atoms with Gasteiger partial charge in [0, 0.05) is 12.8 Å². The molecule has 0 aliphatic heterocycles. The van der Waals surface area contributed by atoms with E-state index in [-0.39, 0.29) is 12.8 Å². The molecule has 0 saturated heterocycles. The van der Waals surface area contributed by atoms with Gasteiger partial charge in [0.15, 0.2) is 6.04 Å². The Balaban J connectivity index is 3.88. The topological polar surface area (TPSA) is 169 Å². The van der Waals surface area contributed by atoms with Gasteiger partial charge in [0.2, 0.25) is 5.91 Å². The van der Waals surface area contributed by atoms with Gasteiger partial charge in [0.25, 0.3) is 0 Å². The van der Waals surface area contributed by atoms with Crippen LogP contribution in [0.2, 0.25) is 0 Å². The Kier molecular flexibility index (Phi) is 40.3. The molecule has 3 unspecified atom stereocenters. The van der Waals surface area contributed by atoms with E-state index >= 15 is 0 Å². The number of allylic oxidation sites excluding steroid dienone is 8. The molecular formula is C47H84NO10P. The molecule has 0 saturated carbocycles. The monoisotopic (exact) mass is 854 g/mol. The van der Waals surface area contributed by atoms with E-state index in [2.05, 4.69) is 67.8 Å².